The van der Waals surface area contributed by atoms with Gasteiger partial charge >= 0.3 is 0 Å². The van der Waals surface area contributed by atoms with Gasteiger partial charge in [0.05, 0.1) is 22.5 Å². The van der Waals surface area contributed by atoms with Crippen molar-refractivity contribution in [1.82, 2.24) is 9.80 Å². The molecule has 0 N–H and O–H groups in total. The lowest BCUT2D eigenvalue weighted by molar-refractivity contribution is 0.0502. The highest BCUT2D eigenvalue weighted by molar-refractivity contribution is 6.43. The fourth-order valence-electron chi connectivity index (χ4n) is 12.7. The lowest BCUT2D eigenvalue weighted by Gasteiger charge is -2.38. The van der Waals surface area contributed by atoms with Crippen LogP contribution in [0.2, 0.25) is 0 Å². The monoisotopic (exact) mass is 907 g/mol. The van der Waals surface area contributed by atoms with Gasteiger partial charge in [0.2, 0.25) is 0 Å². The molecule has 5 aromatic rings. The number of carbonyl (C=O) groups is 4. The van der Waals surface area contributed by atoms with Crippen molar-refractivity contribution in [3.8, 4) is 0 Å². The number of benzene rings is 5. The molecule has 0 aromatic heterocycles. The summed E-state index contributed by atoms with van der Waals surface area (Å²) in [5.41, 5.74) is 4.45. The number of carbonyl (C=O) groups excluding carboxylic acids is 4. The number of amides is 4. The van der Waals surface area contributed by atoms with Crippen LogP contribution in [0.1, 0.15) is 230 Å². The number of hydrogen-bond acceptors (Lipinski definition) is 6. The van der Waals surface area contributed by atoms with E-state index >= 15 is 19.2 Å². The third-order valence-electron chi connectivity index (χ3n) is 16.3. The molecule has 0 radical (unpaired) electrons. The van der Waals surface area contributed by atoms with E-state index in [0.717, 1.165) is 222 Å². The molecule has 0 aliphatic carbocycles. The molecule has 0 spiro atoms. The molecule has 358 valence electrons. The second kappa shape index (κ2) is 21.3. The average Bonchev–Trinajstić information content (AvgIpc) is 4.09. The molecule has 4 aliphatic heterocycles. The van der Waals surface area contributed by atoms with E-state index in [9.17, 15) is 0 Å². The van der Waals surface area contributed by atoms with Crippen LogP contribution >= 0.6 is 0 Å². The van der Waals surface area contributed by atoms with Gasteiger partial charge in [-0.15, -0.1) is 0 Å². The standard InChI is InChI=1S/C59H78N4O4/c1-5-9-13-17-21-29-41(28-20-16-12-8-4)63-57(65)45-33-31-43-42-30-32-44-52-50(42)46(47-39-49(61-36-24-25-37-61)55(59(63)67)53(45)51(43)47)38-48(60-34-22-23-35-60)54(52)58(66)62(56(44)64)40(26-18-14-10-6-2)27-19-15-11-7-3/h30-33,38-41H,5-29,34-37H2,1-4H3. The number of imide groups is 2. The van der Waals surface area contributed by atoms with E-state index in [-0.39, 0.29) is 35.7 Å². The SMILES string of the molecule is CCCCCCCC(CCCCCC)N1C(=O)c2ccc3c4ccc5c6c(c(N7CCCC7)cc(c7cc(N8CCCC8)c(c2c37)C1=O)c64)C(=O)N(C(CCCCCC)CCCCCC)C5=O. The predicted octanol–water partition coefficient (Wildman–Crippen LogP) is 15.1. The highest BCUT2D eigenvalue weighted by atomic mass is 16.2. The Morgan fingerprint density at radius 1 is 0.388 bits per heavy atom. The zero-order chi connectivity index (χ0) is 46.6. The second-order valence-electron chi connectivity index (χ2n) is 20.9. The van der Waals surface area contributed by atoms with Crippen molar-refractivity contribution in [2.24, 2.45) is 0 Å². The molecule has 1 unspecified atom stereocenters. The Bertz CT molecular complexity index is 2590. The normalized spacial score (nSPS) is 16.9. The van der Waals surface area contributed by atoms with Gasteiger partial charge in [0, 0.05) is 60.2 Å². The van der Waals surface area contributed by atoms with Gasteiger partial charge in [-0.2, -0.15) is 0 Å². The maximum Gasteiger partial charge on any atom is 0.263 e. The molecule has 0 bridgehead atoms. The van der Waals surface area contributed by atoms with Crippen molar-refractivity contribution >= 4 is 78.1 Å². The van der Waals surface area contributed by atoms with E-state index in [0.29, 0.717) is 22.3 Å². The van der Waals surface area contributed by atoms with Crippen molar-refractivity contribution in [1.29, 1.82) is 0 Å². The zero-order valence-corrected chi connectivity index (χ0v) is 41.5. The molecule has 5 aromatic carbocycles. The molecule has 2 fully saturated rings. The minimum atomic E-state index is -0.163. The summed E-state index contributed by atoms with van der Waals surface area (Å²) in [7, 11) is 0. The zero-order valence-electron chi connectivity index (χ0n) is 41.5. The van der Waals surface area contributed by atoms with Crippen LogP contribution in [-0.2, 0) is 0 Å². The molecule has 2 saturated heterocycles. The highest BCUT2D eigenvalue weighted by Crippen LogP contribution is 2.51. The Kier molecular flexibility index (Phi) is 15.0. The van der Waals surface area contributed by atoms with Crippen LogP contribution in [0.5, 0.6) is 0 Å². The number of rotatable bonds is 25. The fraction of sp³-hybridized carbons (Fsp3) is 0.593. The fourth-order valence-corrected chi connectivity index (χ4v) is 12.7. The Hall–Kier alpha value is -4.72. The summed E-state index contributed by atoms with van der Waals surface area (Å²) in [6.45, 7) is 12.3. The van der Waals surface area contributed by atoms with Gasteiger partial charge in [-0.3, -0.25) is 29.0 Å². The van der Waals surface area contributed by atoms with Crippen LogP contribution in [-0.4, -0.2) is 71.7 Å². The minimum absolute atomic E-state index is 0.137. The molecule has 1 atom stereocenters. The number of unbranched alkanes of at least 4 members (excludes halogenated alkanes) is 13. The number of anilines is 2. The van der Waals surface area contributed by atoms with Gasteiger partial charge in [0.25, 0.3) is 23.6 Å². The molecular weight excluding hydrogens is 829 g/mol. The van der Waals surface area contributed by atoms with Gasteiger partial charge in [-0.05, 0) is 108 Å². The summed E-state index contributed by atoms with van der Waals surface area (Å²) in [6.07, 6.45) is 26.5. The van der Waals surface area contributed by atoms with E-state index in [1.807, 2.05) is 12.1 Å². The molecule has 8 nitrogen and oxygen atoms in total. The van der Waals surface area contributed by atoms with Crippen molar-refractivity contribution in [3.63, 3.8) is 0 Å². The molecule has 0 saturated carbocycles. The van der Waals surface area contributed by atoms with Crippen LogP contribution in [0, 0.1) is 0 Å². The van der Waals surface area contributed by atoms with Gasteiger partial charge in [-0.1, -0.05) is 149 Å². The molecular formula is C59H78N4O4. The van der Waals surface area contributed by atoms with Crippen molar-refractivity contribution in [2.45, 2.75) is 200 Å². The third-order valence-corrected chi connectivity index (χ3v) is 16.3. The molecule has 8 heteroatoms. The maximum atomic E-state index is 15.5. The van der Waals surface area contributed by atoms with E-state index in [4.69, 9.17) is 0 Å². The van der Waals surface area contributed by atoms with Gasteiger partial charge < -0.3 is 9.80 Å². The van der Waals surface area contributed by atoms with Crippen LogP contribution in [0.3, 0.4) is 0 Å². The Balaban J connectivity index is 1.24. The van der Waals surface area contributed by atoms with Crippen molar-refractivity contribution < 1.29 is 19.2 Å². The van der Waals surface area contributed by atoms with Crippen LogP contribution in [0.15, 0.2) is 36.4 Å². The Morgan fingerprint density at radius 3 is 1.06 bits per heavy atom. The van der Waals surface area contributed by atoms with E-state index in [1.54, 1.807) is 9.80 Å². The van der Waals surface area contributed by atoms with Crippen LogP contribution in [0.4, 0.5) is 11.4 Å². The Labute approximate surface area is 400 Å². The number of fused-ring (bicyclic) bond motifs is 2. The first-order valence-corrected chi connectivity index (χ1v) is 27.4. The summed E-state index contributed by atoms with van der Waals surface area (Å²) < 4.78 is 0. The van der Waals surface area contributed by atoms with Gasteiger partial charge in [0.15, 0.2) is 0 Å². The lowest BCUT2D eigenvalue weighted by Crippen LogP contribution is -2.48. The largest absolute Gasteiger partial charge is 0.371 e. The first kappa shape index (κ1) is 47.4. The minimum Gasteiger partial charge on any atom is -0.371 e. The molecule has 4 amide bonds. The quantitative estimate of drug-likeness (QED) is 0.0251. The highest BCUT2D eigenvalue weighted by Gasteiger charge is 2.43. The molecule has 4 heterocycles. The maximum absolute atomic E-state index is 15.5. The van der Waals surface area contributed by atoms with Crippen molar-refractivity contribution in [2.75, 3.05) is 36.0 Å². The van der Waals surface area contributed by atoms with E-state index in [1.165, 1.54) is 19.3 Å². The molecule has 4 aliphatic rings. The lowest BCUT2D eigenvalue weighted by atomic mass is 9.80. The van der Waals surface area contributed by atoms with Gasteiger partial charge in [-0.25, -0.2) is 0 Å². The number of hydrogen-bond donors (Lipinski definition) is 0. The van der Waals surface area contributed by atoms with Crippen molar-refractivity contribution in [3.05, 3.63) is 58.7 Å². The first-order valence-electron chi connectivity index (χ1n) is 27.4. The summed E-state index contributed by atoms with van der Waals surface area (Å²) in [5, 5.41) is 7.41. The molecule has 67 heavy (non-hydrogen) atoms. The summed E-state index contributed by atoms with van der Waals surface area (Å²) in [6, 6.07) is 12.4. The summed E-state index contributed by atoms with van der Waals surface area (Å²) >= 11 is 0. The average molecular weight is 907 g/mol. The van der Waals surface area contributed by atoms with Crippen LogP contribution in [0.25, 0.3) is 43.1 Å². The topological polar surface area (TPSA) is 81.2 Å². The predicted molar refractivity (Wildman–Crippen MR) is 279 cm³/mol. The second-order valence-corrected chi connectivity index (χ2v) is 20.9. The van der Waals surface area contributed by atoms with E-state index < -0.39 is 0 Å². The Morgan fingerprint density at radius 2 is 0.716 bits per heavy atom. The first-order chi connectivity index (χ1) is 32.8. The van der Waals surface area contributed by atoms with Crippen LogP contribution < -0.4 is 9.80 Å². The van der Waals surface area contributed by atoms with Gasteiger partial charge in [0.1, 0.15) is 0 Å². The molecule has 9 rings (SSSR count). The summed E-state index contributed by atoms with van der Waals surface area (Å²) in [4.78, 5) is 69.6. The van der Waals surface area contributed by atoms with E-state index in [2.05, 4.69) is 61.8 Å². The third kappa shape index (κ3) is 8.82. The smallest absolute Gasteiger partial charge is 0.263 e. The summed E-state index contributed by atoms with van der Waals surface area (Å²) in [5.74, 6) is -0.601. The number of nitrogens with zero attached hydrogens (tertiary/aromatic N) is 4.